The van der Waals surface area contributed by atoms with Gasteiger partial charge in [0.05, 0.1) is 27.6 Å². The molecule has 2 aromatic heterocycles. The number of hydrogen-bond donors (Lipinski definition) is 2. The van der Waals surface area contributed by atoms with Crippen molar-refractivity contribution in [2.75, 3.05) is 10.6 Å². The van der Waals surface area contributed by atoms with Crippen molar-refractivity contribution in [1.29, 1.82) is 0 Å². The number of nitrogens with zero attached hydrogens (tertiary/aromatic N) is 3. The van der Waals surface area contributed by atoms with Crippen molar-refractivity contribution in [3.05, 3.63) is 56.8 Å². The molecule has 2 heterocycles. The van der Waals surface area contributed by atoms with Crippen molar-refractivity contribution in [1.82, 2.24) is 14.8 Å². The summed E-state index contributed by atoms with van der Waals surface area (Å²) in [6, 6.07) is 6.43. The first kappa shape index (κ1) is 20.6. The number of nitrogens with one attached hydrogen (secondary N) is 2. The number of amides is 2. The molecule has 0 saturated heterocycles. The monoisotopic (exact) mass is 443 g/mol. The molecule has 0 bridgehead atoms. The molecule has 1 aromatic carbocycles. The summed E-state index contributed by atoms with van der Waals surface area (Å²) in [7, 11) is 0. The molecule has 9 heteroatoms. The molecule has 3 aromatic rings. The Morgan fingerprint density at radius 2 is 2.00 bits per heavy atom. The van der Waals surface area contributed by atoms with Gasteiger partial charge in [0.2, 0.25) is 5.91 Å². The molecule has 156 valence electrons. The van der Waals surface area contributed by atoms with Crippen molar-refractivity contribution < 1.29 is 9.59 Å². The van der Waals surface area contributed by atoms with E-state index in [-0.39, 0.29) is 11.8 Å². The van der Waals surface area contributed by atoms with Gasteiger partial charge in [-0.1, -0.05) is 11.6 Å². The maximum Gasteiger partial charge on any atom is 0.267 e. The van der Waals surface area contributed by atoms with Gasteiger partial charge < -0.3 is 10.6 Å². The third kappa shape index (κ3) is 4.39. The normalized spacial score (nSPS) is 14.4. The summed E-state index contributed by atoms with van der Waals surface area (Å²) < 4.78 is 1.68. The van der Waals surface area contributed by atoms with E-state index in [0.717, 1.165) is 29.2 Å². The maximum absolute atomic E-state index is 12.6. The summed E-state index contributed by atoms with van der Waals surface area (Å²) in [6.07, 6.45) is 3.91. The Hall–Kier alpha value is -2.71. The average molecular weight is 444 g/mol. The van der Waals surface area contributed by atoms with Crippen LogP contribution in [0.4, 0.5) is 11.4 Å². The fourth-order valence-corrected chi connectivity index (χ4v) is 4.39. The highest BCUT2D eigenvalue weighted by atomic mass is 35.5. The lowest BCUT2D eigenvalue weighted by Crippen LogP contribution is -2.25. The van der Waals surface area contributed by atoms with Crippen LogP contribution in [0.5, 0.6) is 0 Å². The molecule has 2 N–H and O–H groups in total. The van der Waals surface area contributed by atoms with E-state index in [1.165, 1.54) is 11.3 Å². The van der Waals surface area contributed by atoms with Crippen LogP contribution < -0.4 is 10.6 Å². The number of benzene rings is 1. The number of anilines is 2. The van der Waals surface area contributed by atoms with Crippen LogP contribution in [0.3, 0.4) is 0 Å². The van der Waals surface area contributed by atoms with Gasteiger partial charge >= 0.3 is 0 Å². The van der Waals surface area contributed by atoms with E-state index >= 15 is 0 Å². The molecule has 4 rings (SSSR count). The molecule has 2 amide bonds. The smallest absolute Gasteiger partial charge is 0.267 e. The summed E-state index contributed by atoms with van der Waals surface area (Å²) in [5.41, 5.74) is 2.79. The van der Waals surface area contributed by atoms with Crippen LogP contribution in [0, 0.1) is 13.8 Å². The molecular formula is C21H22ClN5O2S. The zero-order valence-corrected chi connectivity index (χ0v) is 18.5. The fraction of sp³-hybridized carbons (Fsp3) is 0.333. The Labute approximate surface area is 183 Å². The van der Waals surface area contributed by atoms with Gasteiger partial charge in [0, 0.05) is 17.3 Å². The van der Waals surface area contributed by atoms with Gasteiger partial charge in [-0.05, 0) is 57.9 Å². The van der Waals surface area contributed by atoms with Gasteiger partial charge in [-0.3, -0.25) is 14.3 Å². The second-order valence-electron chi connectivity index (χ2n) is 7.52. The second-order valence-corrected chi connectivity index (χ2v) is 8.99. The predicted molar refractivity (Wildman–Crippen MR) is 119 cm³/mol. The number of halogens is 1. The van der Waals surface area contributed by atoms with Crippen molar-refractivity contribution >= 4 is 46.1 Å². The third-order valence-corrected chi connectivity index (χ3v) is 6.42. The summed E-state index contributed by atoms with van der Waals surface area (Å²) in [5, 5.41) is 11.4. The zero-order chi connectivity index (χ0) is 21.4. The predicted octanol–water partition coefficient (Wildman–Crippen LogP) is 4.94. The fourth-order valence-electron chi connectivity index (χ4n) is 3.18. The first-order valence-corrected chi connectivity index (χ1v) is 10.9. The second kappa shape index (κ2) is 8.20. The highest BCUT2D eigenvalue weighted by molar-refractivity contribution is 7.13. The zero-order valence-electron chi connectivity index (χ0n) is 16.9. The number of rotatable bonds is 6. The van der Waals surface area contributed by atoms with Crippen molar-refractivity contribution in [3.8, 4) is 0 Å². The topological polar surface area (TPSA) is 88.9 Å². The summed E-state index contributed by atoms with van der Waals surface area (Å²) in [4.78, 5) is 30.0. The molecule has 7 nitrogen and oxygen atoms in total. The van der Waals surface area contributed by atoms with Crippen LogP contribution in [0.2, 0.25) is 5.02 Å². The van der Waals surface area contributed by atoms with Crippen LogP contribution >= 0.6 is 22.9 Å². The van der Waals surface area contributed by atoms with E-state index in [1.807, 2.05) is 19.9 Å². The molecule has 0 aliphatic heterocycles. The van der Waals surface area contributed by atoms with Crippen LogP contribution in [0.25, 0.3) is 0 Å². The largest absolute Gasteiger partial charge is 0.323 e. The average Bonchev–Trinajstić information content (AvgIpc) is 3.33. The molecule has 0 radical (unpaired) electrons. The molecule has 1 saturated carbocycles. The van der Waals surface area contributed by atoms with Gasteiger partial charge in [0.25, 0.3) is 5.91 Å². The Kier molecular flexibility index (Phi) is 5.62. The molecule has 1 fully saturated rings. The van der Waals surface area contributed by atoms with Gasteiger partial charge in [0.1, 0.15) is 10.9 Å². The molecule has 1 aliphatic carbocycles. The van der Waals surface area contributed by atoms with Gasteiger partial charge in [0.15, 0.2) is 0 Å². The summed E-state index contributed by atoms with van der Waals surface area (Å²) in [6.45, 7) is 5.57. The molecule has 30 heavy (non-hydrogen) atoms. The number of hydrogen-bond acceptors (Lipinski definition) is 5. The highest BCUT2D eigenvalue weighted by Gasteiger charge is 2.27. The quantitative estimate of drug-likeness (QED) is 0.564. The van der Waals surface area contributed by atoms with E-state index in [2.05, 4.69) is 20.7 Å². The first-order chi connectivity index (χ1) is 14.3. The Morgan fingerprint density at radius 3 is 2.63 bits per heavy atom. The van der Waals surface area contributed by atoms with E-state index in [0.29, 0.717) is 27.2 Å². The summed E-state index contributed by atoms with van der Waals surface area (Å²) >= 11 is 7.77. The Morgan fingerprint density at radius 1 is 1.23 bits per heavy atom. The van der Waals surface area contributed by atoms with Crippen molar-refractivity contribution in [2.45, 2.75) is 45.6 Å². The van der Waals surface area contributed by atoms with Crippen molar-refractivity contribution in [2.24, 2.45) is 0 Å². The van der Waals surface area contributed by atoms with Gasteiger partial charge in [-0.15, -0.1) is 11.3 Å². The molecule has 1 unspecified atom stereocenters. The van der Waals surface area contributed by atoms with E-state index in [9.17, 15) is 9.59 Å². The number of aryl methyl sites for hydroxylation is 2. The van der Waals surface area contributed by atoms with Crippen LogP contribution in [0.15, 0.2) is 30.5 Å². The lowest BCUT2D eigenvalue weighted by molar-refractivity contribution is -0.119. The molecular weight excluding hydrogens is 422 g/mol. The number of aromatic nitrogens is 3. The SMILES string of the molecule is Cc1cc(C)n(C(C)C(=O)Nc2ccc(NC(=O)c3cnc(C4CC4)s3)cc2Cl)n1. The van der Waals surface area contributed by atoms with Crippen LogP contribution in [0.1, 0.15) is 57.8 Å². The minimum absolute atomic E-state index is 0.217. The number of thiazole rings is 1. The third-order valence-electron chi connectivity index (χ3n) is 4.95. The maximum atomic E-state index is 12.6. The highest BCUT2D eigenvalue weighted by Crippen LogP contribution is 2.41. The minimum Gasteiger partial charge on any atom is -0.323 e. The van der Waals surface area contributed by atoms with Crippen molar-refractivity contribution in [3.63, 3.8) is 0 Å². The van der Waals surface area contributed by atoms with Crippen LogP contribution in [-0.2, 0) is 4.79 Å². The van der Waals surface area contributed by atoms with E-state index in [4.69, 9.17) is 11.6 Å². The minimum atomic E-state index is -0.485. The lowest BCUT2D eigenvalue weighted by Gasteiger charge is -2.15. The van der Waals surface area contributed by atoms with Gasteiger partial charge in [-0.25, -0.2) is 4.98 Å². The number of carbonyl (C=O) groups is 2. The number of carbonyl (C=O) groups excluding carboxylic acids is 2. The Bertz CT molecular complexity index is 1120. The van der Waals surface area contributed by atoms with E-state index in [1.54, 1.807) is 36.0 Å². The van der Waals surface area contributed by atoms with Crippen LogP contribution in [-0.4, -0.2) is 26.6 Å². The molecule has 0 spiro atoms. The molecule has 1 aliphatic rings. The first-order valence-electron chi connectivity index (χ1n) is 9.72. The lowest BCUT2D eigenvalue weighted by atomic mass is 10.2. The van der Waals surface area contributed by atoms with E-state index < -0.39 is 6.04 Å². The Balaban J connectivity index is 1.41. The summed E-state index contributed by atoms with van der Waals surface area (Å²) in [5.74, 6) is 0.0771. The van der Waals surface area contributed by atoms with Gasteiger partial charge in [-0.2, -0.15) is 5.10 Å². The standard InChI is InChI=1S/C21H22ClN5O2S/c1-11-8-12(2)27(26-11)13(3)19(28)25-17-7-6-15(9-16(17)22)24-20(29)18-10-23-21(30-18)14-4-5-14/h6-10,13-14H,4-5H2,1-3H3,(H,24,29)(H,25,28). The molecule has 1 atom stereocenters.